The van der Waals surface area contributed by atoms with Crippen molar-refractivity contribution in [3.8, 4) is 11.5 Å². The van der Waals surface area contributed by atoms with E-state index in [0.717, 1.165) is 54.1 Å². The summed E-state index contributed by atoms with van der Waals surface area (Å²) in [6.07, 6.45) is -4.77. The van der Waals surface area contributed by atoms with Gasteiger partial charge in [0.2, 0.25) is 0 Å². The lowest BCUT2D eigenvalue weighted by atomic mass is 10.1. The molecule has 0 fully saturated rings. The topological polar surface area (TPSA) is 75.7 Å². The second-order valence-electron chi connectivity index (χ2n) is 8.56. The van der Waals surface area contributed by atoms with Crippen LogP contribution in [0, 0.1) is 6.92 Å². The van der Waals surface area contributed by atoms with Crippen LogP contribution in [0.5, 0.6) is 11.5 Å². The van der Waals surface area contributed by atoms with Crippen LogP contribution in [-0.2, 0) is 4.79 Å². The number of fused-ring (bicyclic) bond motifs is 1. The molecule has 10 heteroatoms. The Hall–Kier alpha value is -3.53. The minimum atomic E-state index is -4.77. The van der Waals surface area contributed by atoms with Crippen molar-refractivity contribution in [2.45, 2.75) is 40.1 Å². The van der Waals surface area contributed by atoms with Gasteiger partial charge in [0.15, 0.2) is 6.61 Å². The van der Waals surface area contributed by atoms with Crippen molar-refractivity contribution in [3.05, 3.63) is 54.1 Å². The number of amides is 1. The van der Waals surface area contributed by atoms with Gasteiger partial charge < -0.3 is 20.1 Å². The van der Waals surface area contributed by atoms with Gasteiger partial charge in [-0.25, -0.2) is 4.98 Å². The van der Waals surface area contributed by atoms with Crippen LogP contribution in [0.1, 0.15) is 26.3 Å². The highest BCUT2D eigenvalue weighted by molar-refractivity contribution is 5.95. The van der Waals surface area contributed by atoms with Crippen LogP contribution < -0.4 is 20.1 Å². The molecule has 0 aliphatic rings. The molecule has 1 heterocycles. The van der Waals surface area contributed by atoms with Gasteiger partial charge in [-0.3, -0.25) is 9.69 Å². The highest BCUT2D eigenvalue weighted by atomic mass is 19.4. The summed E-state index contributed by atoms with van der Waals surface area (Å²) in [4.78, 5) is 19.4. The standard InChI is InChI=1S/C26H31F3N4O3/c1-5-33(17(2)3)13-12-30-24-14-18(4)22-15-19(6-11-23(22)32-24)31-25(34)16-35-20-7-9-21(10-8-20)36-26(27,28)29/h6-11,14-15,17H,5,12-13,16H2,1-4H3,(H,30,32)(H,31,34). The van der Waals surface area contributed by atoms with Gasteiger partial charge in [-0.15, -0.1) is 13.2 Å². The molecule has 0 bridgehead atoms. The van der Waals surface area contributed by atoms with Crippen molar-refractivity contribution in [1.82, 2.24) is 9.88 Å². The van der Waals surface area contributed by atoms with E-state index in [1.165, 1.54) is 12.1 Å². The quantitative estimate of drug-likeness (QED) is 0.354. The molecule has 3 rings (SSSR count). The number of aryl methyl sites for hydroxylation is 1. The summed E-state index contributed by atoms with van der Waals surface area (Å²) in [5, 5.41) is 7.07. The van der Waals surface area contributed by atoms with E-state index in [1.54, 1.807) is 6.07 Å². The van der Waals surface area contributed by atoms with Gasteiger partial charge >= 0.3 is 6.36 Å². The zero-order valence-electron chi connectivity index (χ0n) is 20.8. The van der Waals surface area contributed by atoms with E-state index in [9.17, 15) is 18.0 Å². The number of hydrogen-bond donors (Lipinski definition) is 2. The highest BCUT2D eigenvalue weighted by Gasteiger charge is 2.31. The number of hydrogen-bond acceptors (Lipinski definition) is 6. The summed E-state index contributed by atoms with van der Waals surface area (Å²) in [7, 11) is 0. The fraction of sp³-hybridized carbons (Fsp3) is 0.385. The molecule has 7 nitrogen and oxygen atoms in total. The van der Waals surface area contributed by atoms with E-state index in [-0.39, 0.29) is 18.1 Å². The number of nitrogens with zero attached hydrogens (tertiary/aromatic N) is 2. The van der Waals surface area contributed by atoms with E-state index in [4.69, 9.17) is 4.74 Å². The smallest absolute Gasteiger partial charge is 0.484 e. The molecule has 0 saturated carbocycles. The summed E-state index contributed by atoms with van der Waals surface area (Å²) < 4.78 is 45.9. The Bertz CT molecular complexity index is 1170. The van der Waals surface area contributed by atoms with Crippen molar-refractivity contribution in [1.29, 1.82) is 0 Å². The van der Waals surface area contributed by atoms with Crippen LogP contribution in [0.4, 0.5) is 24.7 Å². The van der Waals surface area contributed by atoms with E-state index < -0.39 is 12.3 Å². The van der Waals surface area contributed by atoms with Crippen molar-refractivity contribution < 1.29 is 27.4 Å². The summed E-state index contributed by atoms with van der Waals surface area (Å²) >= 11 is 0. The molecule has 2 aromatic carbocycles. The largest absolute Gasteiger partial charge is 0.573 e. The Labute approximate surface area is 208 Å². The SMILES string of the molecule is CCN(CCNc1cc(C)c2cc(NC(=O)COc3ccc(OC(F)(F)F)cc3)ccc2n1)C(C)C. The first kappa shape index (κ1) is 27.1. The first-order valence-corrected chi connectivity index (χ1v) is 11.7. The Balaban J connectivity index is 1.56. The van der Waals surface area contributed by atoms with Crippen LogP contribution in [0.15, 0.2) is 48.5 Å². The third kappa shape index (κ3) is 8.01. The summed E-state index contributed by atoms with van der Waals surface area (Å²) in [6, 6.07) is 12.8. The van der Waals surface area contributed by atoms with Crippen LogP contribution in [-0.4, -0.2) is 54.4 Å². The van der Waals surface area contributed by atoms with Gasteiger partial charge in [-0.2, -0.15) is 0 Å². The van der Waals surface area contributed by atoms with Crippen molar-refractivity contribution in [2.24, 2.45) is 0 Å². The van der Waals surface area contributed by atoms with Crippen LogP contribution in [0.2, 0.25) is 0 Å². The Morgan fingerprint density at radius 2 is 1.78 bits per heavy atom. The van der Waals surface area contributed by atoms with Gasteiger partial charge in [0.1, 0.15) is 17.3 Å². The maximum atomic E-state index is 12.3. The monoisotopic (exact) mass is 504 g/mol. The second kappa shape index (κ2) is 11.9. The molecule has 0 unspecified atom stereocenters. The average Bonchev–Trinajstić information content (AvgIpc) is 2.80. The number of nitrogens with one attached hydrogen (secondary N) is 2. The first-order chi connectivity index (χ1) is 17.0. The molecule has 1 amide bonds. The fourth-order valence-corrected chi connectivity index (χ4v) is 3.76. The Morgan fingerprint density at radius 3 is 2.42 bits per heavy atom. The minimum Gasteiger partial charge on any atom is -0.484 e. The number of halogens is 3. The lowest BCUT2D eigenvalue weighted by Crippen LogP contribution is -2.34. The van der Waals surface area contributed by atoms with E-state index in [0.29, 0.717) is 11.7 Å². The lowest BCUT2D eigenvalue weighted by Gasteiger charge is -2.24. The molecule has 194 valence electrons. The molecule has 0 atom stereocenters. The number of benzene rings is 2. The summed E-state index contributed by atoms with van der Waals surface area (Å²) in [5.41, 5.74) is 2.42. The van der Waals surface area contributed by atoms with E-state index in [1.807, 2.05) is 25.1 Å². The van der Waals surface area contributed by atoms with Gasteiger partial charge in [-0.05, 0) is 81.4 Å². The predicted molar refractivity (Wildman–Crippen MR) is 135 cm³/mol. The molecule has 0 saturated heterocycles. The van der Waals surface area contributed by atoms with Gasteiger partial charge in [-0.1, -0.05) is 6.92 Å². The molecular formula is C26H31F3N4O3. The molecule has 3 aromatic rings. The number of pyridine rings is 1. The normalized spacial score (nSPS) is 11.7. The zero-order chi connectivity index (χ0) is 26.3. The zero-order valence-corrected chi connectivity index (χ0v) is 20.8. The number of rotatable bonds is 11. The van der Waals surface area contributed by atoms with Crippen LogP contribution in [0.3, 0.4) is 0 Å². The number of aromatic nitrogens is 1. The number of alkyl halides is 3. The van der Waals surface area contributed by atoms with Crippen molar-refractivity contribution in [2.75, 3.05) is 36.9 Å². The lowest BCUT2D eigenvalue weighted by molar-refractivity contribution is -0.274. The second-order valence-corrected chi connectivity index (χ2v) is 8.56. The molecule has 36 heavy (non-hydrogen) atoms. The number of carbonyl (C=O) groups is 1. The number of anilines is 2. The molecule has 0 radical (unpaired) electrons. The van der Waals surface area contributed by atoms with E-state index >= 15 is 0 Å². The summed E-state index contributed by atoms with van der Waals surface area (Å²) in [6.45, 7) is 10.9. The first-order valence-electron chi connectivity index (χ1n) is 11.7. The molecule has 0 aliphatic carbocycles. The minimum absolute atomic E-state index is 0.244. The summed E-state index contributed by atoms with van der Waals surface area (Å²) in [5.74, 6) is 0.279. The highest BCUT2D eigenvalue weighted by Crippen LogP contribution is 2.25. The average molecular weight is 505 g/mol. The maximum absolute atomic E-state index is 12.3. The number of carbonyl (C=O) groups excluding carboxylic acids is 1. The van der Waals surface area contributed by atoms with Gasteiger partial charge in [0.25, 0.3) is 5.91 Å². The van der Waals surface area contributed by atoms with E-state index in [2.05, 4.69) is 46.0 Å². The Morgan fingerprint density at radius 1 is 1.08 bits per heavy atom. The third-order valence-corrected chi connectivity index (χ3v) is 5.57. The number of ether oxygens (including phenoxy) is 2. The van der Waals surface area contributed by atoms with Crippen molar-refractivity contribution in [3.63, 3.8) is 0 Å². The maximum Gasteiger partial charge on any atom is 0.573 e. The molecule has 2 N–H and O–H groups in total. The molecule has 0 spiro atoms. The molecular weight excluding hydrogens is 473 g/mol. The fourth-order valence-electron chi connectivity index (χ4n) is 3.76. The van der Waals surface area contributed by atoms with Crippen LogP contribution >= 0.6 is 0 Å². The van der Waals surface area contributed by atoms with Gasteiger partial charge in [0.05, 0.1) is 5.52 Å². The molecule has 1 aromatic heterocycles. The number of likely N-dealkylation sites (N-methyl/N-ethyl adjacent to an activating group) is 1. The predicted octanol–water partition coefficient (Wildman–Crippen LogP) is 5.60. The third-order valence-electron chi connectivity index (χ3n) is 5.57. The van der Waals surface area contributed by atoms with Crippen molar-refractivity contribution >= 4 is 28.3 Å². The molecule has 0 aliphatic heterocycles. The van der Waals surface area contributed by atoms with Gasteiger partial charge in [0, 0.05) is 30.2 Å². The van der Waals surface area contributed by atoms with Crippen LogP contribution in [0.25, 0.3) is 10.9 Å². The Kier molecular flexibility index (Phi) is 8.98.